The van der Waals surface area contributed by atoms with Crippen molar-refractivity contribution >= 4 is 69.8 Å². The molecular formula is C84H104N4O4. The Morgan fingerprint density at radius 1 is 0.228 bits per heavy atom. The van der Waals surface area contributed by atoms with Crippen LogP contribution in [0.3, 0.4) is 0 Å². The van der Waals surface area contributed by atoms with Crippen LogP contribution in [-0.4, -0.2) is 26.4 Å². The summed E-state index contributed by atoms with van der Waals surface area (Å²) in [6.45, 7) is 12.0. The zero-order chi connectivity index (χ0) is 63.9. The minimum atomic E-state index is 0.745. The van der Waals surface area contributed by atoms with E-state index in [1.54, 1.807) is 0 Å². The molecule has 8 nitrogen and oxygen atoms in total. The maximum Gasteiger partial charge on any atom is 0.119 e. The highest BCUT2D eigenvalue weighted by molar-refractivity contribution is 5.80. The molecule has 92 heavy (non-hydrogen) atoms. The molecule has 0 N–H and O–H groups in total. The van der Waals surface area contributed by atoms with Crippen molar-refractivity contribution < 1.29 is 18.9 Å². The first-order chi connectivity index (χ1) is 45.5. The lowest BCUT2D eigenvalue weighted by Gasteiger charge is -2.26. The highest BCUT2D eigenvalue weighted by Gasteiger charge is 2.16. The van der Waals surface area contributed by atoms with Crippen molar-refractivity contribution in [2.24, 2.45) is 10.2 Å². The van der Waals surface area contributed by atoms with Crippen LogP contribution in [0.2, 0.25) is 0 Å². The predicted octanol–water partition coefficient (Wildman–Crippen LogP) is 26.3. The van der Waals surface area contributed by atoms with Crippen molar-refractivity contribution in [2.75, 3.05) is 36.2 Å². The smallest absolute Gasteiger partial charge is 0.119 e. The third-order valence-electron chi connectivity index (χ3n) is 16.8. The van der Waals surface area contributed by atoms with E-state index in [-0.39, 0.29) is 0 Å². The van der Waals surface area contributed by atoms with E-state index in [4.69, 9.17) is 18.9 Å². The van der Waals surface area contributed by atoms with Crippen molar-refractivity contribution in [2.45, 2.75) is 182 Å². The number of azo groups is 1. The van der Waals surface area contributed by atoms with Gasteiger partial charge in [0.1, 0.15) is 23.0 Å². The summed E-state index contributed by atoms with van der Waals surface area (Å²) in [5, 5.41) is 9.15. The monoisotopic (exact) mass is 1230 g/mol. The SMILES string of the molecule is CCCCCCCCOc1ccc(N(c2ccc(/C=C/c3ccc(N=Nc4ccc(/C=C/c5ccc(N(c6ccc(OCCCCCCCC)cc6)c6ccc(OCCCCCCCC)cc6)cc5)cc4)cc3)cc2)c2ccc(OCCCCCCCC)cc2)cc1. The fourth-order valence-corrected chi connectivity index (χ4v) is 11.2. The Labute approximate surface area is 553 Å². The van der Waals surface area contributed by atoms with Gasteiger partial charge in [0, 0.05) is 34.1 Å². The fraction of sp³-hybridized carbons (Fsp3) is 0.381. The number of benzene rings is 8. The number of anilines is 6. The third-order valence-corrected chi connectivity index (χ3v) is 16.8. The normalized spacial score (nSPS) is 11.5. The van der Waals surface area contributed by atoms with Gasteiger partial charge < -0.3 is 28.7 Å². The molecule has 484 valence electrons. The van der Waals surface area contributed by atoms with Gasteiger partial charge in [-0.2, -0.15) is 10.2 Å². The summed E-state index contributed by atoms with van der Waals surface area (Å²) in [7, 11) is 0. The molecule has 0 spiro atoms. The molecule has 0 aromatic heterocycles. The summed E-state index contributed by atoms with van der Waals surface area (Å²) >= 11 is 0. The number of ether oxygens (including phenoxy) is 4. The molecule has 8 heteroatoms. The molecule has 8 aromatic carbocycles. The van der Waals surface area contributed by atoms with E-state index < -0.39 is 0 Å². The largest absolute Gasteiger partial charge is 0.494 e. The summed E-state index contributed by atoms with van der Waals surface area (Å²) in [4.78, 5) is 4.58. The number of hydrogen-bond donors (Lipinski definition) is 0. The standard InChI is InChI=1S/C84H104N4O4/c1-5-9-13-17-21-25-65-89-81-57-49-77(50-58-81)87(78-51-59-82(60-52-78)90-66-26-22-18-14-10-6-2)75-45-37-71(38-46-75)31-29-69-33-41-73(42-34-69)85-86-74-43-35-70(36-44-74)30-32-72-39-47-76(48-40-72)88(79-53-61-83(62-54-79)91-67-27-23-19-15-11-7-3)80-55-63-84(64-56-80)92-68-28-24-20-16-12-8-4/h29-64H,5-28,65-68H2,1-4H3/b31-29+,32-30+,86-85?. The number of hydrogen-bond acceptors (Lipinski definition) is 8. The highest BCUT2D eigenvalue weighted by Crippen LogP contribution is 2.39. The second kappa shape index (κ2) is 41.2. The molecule has 8 aromatic rings. The fourth-order valence-electron chi connectivity index (χ4n) is 11.2. The Balaban J connectivity index is 0.850. The molecule has 0 amide bonds. The minimum absolute atomic E-state index is 0.745. The molecule has 0 bridgehead atoms. The van der Waals surface area contributed by atoms with Crippen molar-refractivity contribution in [3.63, 3.8) is 0 Å². The van der Waals surface area contributed by atoms with Gasteiger partial charge in [-0.05, 0) is 194 Å². The second-order valence-corrected chi connectivity index (χ2v) is 24.3. The van der Waals surface area contributed by atoms with Crippen LogP contribution < -0.4 is 28.7 Å². The number of nitrogens with zero attached hydrogens (tertiary/aromatic N) is 4. The van der Waals surface area contributed by atoms with Gasteiger partial charge in [0.25, 0.3) is 0 Å². The molecule has 8 rings (SSSR count). The van der Waals surface area contributed by atoms with Crippen LogP contribution in [-0.2, 0) is 0 Å². The van der Waals surface area contributed by atoms with Gasteiger partial charge in [0.2, 0.25) is 0 Å². The Kier molecular flexibility index (Phi) is 31.1. The lowest BCUT2D eigenvalue weighted by Crippen LogP contribution is -2.10. The summed E-state index contributed by atoms with van der Waals surface area (Å²) in [5.74, 6) is 3.61. The highest BCUT2D eigenvalue weighted by atomic mass is 16.5. The summed E-state index contributed by atoms with van der Waals surface area (Å²) < 4.78 is 24.7. The maximum absolute atomic E-state index is 6.17. The van der Waals surface area contributed by atoms with Gasteiger partial charge in [-0.1, -0.05) is 229 Å². The van der Waals surface area contributed by atoms with Gasteiger partial charge in [0.15, 0.2) is 0 Å². The van der Waals surface area contributed by atoms with Gasteiger partial charge in [-0.25, -0.2) is 0 Å². The van der Waals surface area contributed by atoms with Gasteiger partial charge in [-0.15, -0.1) is 0 Å². The molecule has 0 aliphatic heterocycles. The zero-order valence-electron chi connectivity index (χ0n) is 56.0. The Morgan fingerprint density at radius 2 is 0.413 bits per heavy atom. The summed E-state index contributed by atoms with van der Waals surface area (Å²) in [5.41, 5.74) is 12.4. The second-order valence-electron chi connectivity index (χ2n) is 24.3. The van der Waals surface area contributed by atoms with Gasteiger partial charge in [-0.3, -0.25) is 0 Å². The van der Waals surface area contributed by atoms with E-state index in [0.717, 1.165) is 143 Å². The minimum Gasteiger partial charge on any atom is -0.494 e. The quantitative estimate of drug-likeness (QED) is 0.0215. The van der Waals surface area contributed by atoms with Crippen LogP contribution in [0, 0.1) is 0 Å². The van der Waals surface area contributed by atoms with Crippen LogP contribution >= 0.6 is 0 Å². The molecule has 0 aliphatic rings. The Bertz CT molecular complexity index is 2970. The first-order valence-corrected chi connectivity index (χ1v) is 35.2. The number of rotatable bonds is 44. The summed E-state index contributed by atoms with van der Waals surface area (Å²) in [6.07, 6.45) is 38.5. The molecule has 0 unspecified atom stereocenters. The van der Waals surface area contributed by atoms with Gasteiger partial charge >= 0.3 is 0 Å². The lowest BCUT2D eigenvalue weighted by atomic mass is 10.1. The Hall–Kier alpha value is -8.36. The average Bonchev–Trinajstić information content (AvgIpc) is 0.993. The molecule has 0 atom stereocenters. The van der Waals surface area contributed by atoms with Crippen molar-refractivity contribution in [1.29, 1.82) is 0 Å². The van der Waals surface area contributed by atoms with Crippen molar-refractivity contribution in [1.82, 2.24) is 0 Å². The molecule has 0 aliphatic carbocycles. The number of unbranched alkanes of at least 4 members (excludes halogenated alkanes) is 20. The van der Waals surface area contributed by atoms with Gasteiger partial charge in [0.05, 0.1) is 37.8 Å². The third kappa shape index (κ3) is 24.7. The Morgan fingerprint density at radius 3 is 0.630 bits per heavy atom. The first kappa shape index (κ1) is 69.5. The molecule has 0 radical (unpaired) electrons. The van der Waals surface area contributed by atoms with Crippen LogP contribution in [0.4, 0.5) is 45.5 Å². The van der Waals surface area contributed by atoms with E-state index in [0.29, 0.717) is 0 Å². The van der Waals surface area contributed by atoms with Crippen molar-refractivity contribution in [3.8, 4) is 23.0 Å². The van der Waals surface area contributed by atoms with E-state index in [1.165, 1.54) is 128 Å². The lowest BCUT2D eigenvalue weighted by molar-refractivity contribution is 0.304. The molecule has 0 fully saturated rings. The molecule has 0 saturated heterocycles. The molecule has 0 heterocycles. The first-order valence-electron chi connectivity index (χ1n) is 35.2. The molecule has 0 saturated carbocycles. The van der Waals surface area contributed by atoms with Crippen LogP contribution in [0.25, 0.3) is 24.3 Å². The van der Waals surface area contributed by atoms with Crippen LogP contribution in [0.1, 0.15) is 204 Å². The summed E-state index contributed by atoms with van der Waals surface area (Å²) in [6, 6.07) is 67.8. The predicted molar refractivity (Wildman–Crippen MR) is 393 cm³/mol. The maximum atomic E-state index is 6.17. The zero-order valence-corrected chi connectivity index (χ0v) is 56.0. The van der Waals surface area contributed by atoms with Crippen molar-refractivity contribution in [3.05, 3.63) is 216 Å². The average molecular weight is 1230 g/mol. The van der Waals surface area contributed by atoms with E-state index in [9.17, 15) is 0 Å². The topological polar surface area (TPSA) is 68.1 Å². The van der Waals surface area contributed by atoms with Crippen LogP contribution in [0.15, 0.2) is 204 Å². The molecular weight excluding hydrogens is 1130 g/mol. The van der Waals surface area contributed by atoms with Crippen LogP contribution in [0.5, 0.6) is 23.0 Å². The van der Waals surface area contributed by atoms with E-state index >= 15 is 0 Å². The van der Waals surface area contributed by atoms with E-state index in [2.05, 4.69) is 242 Å². The van der Waals surface area contributed by atoms with E-state index in [1.807, 2.05) is 24.3 Å².